The first-order valence-corrected chi connectivity index (χ1v) is 12.3. The van der Waals surface area contributed by atoms with Gasteiger partial charge in [0.25, 0.3) is 0 Å². The van der Waals surface area contributed by atoms with Crippen molar-refractivity contribution in [1.82, 2.24) is 4.90 Å². The van der Waals surface area contributed by atoms with Crippen LogP contribution >= 0.6 is 11.6 Å². The summed E-state index contributed by atoms with van der Waals surface area (Å²) in [6.45, 7) is 3.75. The Hall–Kier alpha value is -2.57. The summed E-state index contributed by atoms with van der Waals surface area (Å²) in [5.41, 5.74) is -0.444. The molecule has 2 aliphatic heterocycles. The van der Waals surface area contributed by atoms with Crippen molar-refractivity contribution in [2.75, 3.05) is 26.2 Å². The third-order valence-electron chi connectivity index (χ3n) is 7.73. The van der Waals surface area contributed by atoms with E-state index >= 15 is 0 Å². The van der Waals surface area contributed by atoms with Gasteiger partial charge in [0.05, 0.1) is 6.10 Å². The van der Waals surface area contributed by atoms with E-state index in [4.69, 9.17) is 21.1 Å². The summed E-state index contributed by atoms with van der Waals surface area (Å²) in [6.07, 6.45) is 0.618. The van der Waals surface area contributed by atoms with Gasteiger partial charge in [0, 0.05) is 29.1 Å². The van der Waals surface area contributed by atoms with Crippen molar-refractivity contribution in [2.24, 2.45) is 0 Å². The van der Waals surface area contributed by atoms with Gasteiger partial charge in [0.1, 0.15) is 18.1 Å². The van der Waals surface area contributed by atoms with E-state index in [1.54, 1.807) is 12.1 Å². The minimum atomic E-state index is -1.62. The highest BCUT2D eigenvalue weighted by Gasteiger charge is 2.72. The molecule has 0 spiro atoms. The average molecular weight is 478 g/mol. The molecule has 3 aromatic rings. The van der Waals surface area contributed by atoms with E-state index < -0.39 is 17.3 Å². The molecule has 1 aliphatic carbocycles. The van der Waals surface area contributed by atoms with Crippen LogP contribution in [0, 0.1) is 0 Å². The Bertz CT molecular complexity index is 1180. The number of ether oxygens (including phenoxy) is 2. The maximum Gasteiger partial charge on any atom is 0.176 e. The van der Waals surface area contributed by atoms with E-state index in [1.807, 2.05) is 60.7 Å². The molecule has 3 aliphatic rings. The van der Waals surface area contributed by atoms with Crippen LogP contribution in [0.5, 0.6) is 11.5 Å². The Labute approximate surface area is 204 Å². The number of rotatable bonds is 6. The number of nitrogens with zero attached hydrogens (tertiary/aromatic N) is 1. The number of halogens is 1. The van der Waals surface area contributed by atoms with E-state index in [1.165, 1.54) is 6.42 Å². The van der Waals surface area contributed by atoms with Crippen LogP contribution in [-0.2, 0) is 11.2 Å². The van der Waals surface area contributed by atoms with E-state index in [2.05, 4.69) is 4.90 Å². The highest BCUT2D eigenvalue weighted by atomic mass is 35.5. The molecule has 2 fully saturated rings. The second kappa shape index (κ2) is 8.28. The molecule has 6 heteroatoms. The first-order chi connectivity index (χ1) is 16.5. The summed E-state index contributed by atoms with van der Waals surface area (Å²) >= 11 is 6.20. The van der Waals surface area contributed by atoms with Gasteiger partial charge in [0.2, 0.25) is 0 Å². The average Bonchev–Trinajstić information content (AvgIpc) is 3.21. The summed E-state index contributed by atoms with van der Waals surface area (Å²) in [5, 5.41) is 24.2. The van der Waals surface area contributed by atoms with Crippen LogP contribution in [0.4, 0.5) is 0 Å². The van der Waals surface area contributed by atoms with Crippen LogP contribution in [0.25, 0.3) is 0 Å². The fraction of sp³-hybridized carbons (Fsp3) is 0.357. The molecule has 0 aromatic heterocycles. The second-order valence-electron chi connectivity index (χ2n) is 9.53. The SMILES string of the molecule is O[C@H]1C[C@@H](c2ccccc2)[C@]2(c3ccc(Cl)cc3)Oc3cc(OCCN4CCC4)ccc3[C@]12O. The van der Waals surface area contributed by atoms with Crippen molar-refractivity contribution >= 4 is 11.6 Å². The van der Waals surface area contributed by atoms with E-state index in [0.717, 1.165) is 30.8 Å². The van der Waals surface area contributed by atoms with Gasteiger partial charge in [-0.25, -0.2) is 0 Å². The van der Waals surface area contributed by atoms with Crippen LogP contribution < -0.4 is 9.47 Å². The van der Waals surface area contributed by atoms with Crippen LogP contribution in [-0.4, -0.2) is 47.5 Å². The molecular formula is C28H28ClNO4. The third kappa shape index (κ3) is 3.18. The lowest BCUT2D eigenvalue weighted by Crippen LogP contribution is -2.51. The molecule has 1 saturated heterocycles. The molecule has 0 radical (unpaired) electrons. The van der Waals surface area contributed by atoms with Crippen molar-refractivity contribution in [3.05, 3.63) is 94.5 Å². The maximum absolute atomic E-state index is 12.3. The summed E-state index contributed by atoms with van der Waals surface area (Å²) in [4.78, 5) is 2.35. The van der Waals surface area contributed by atoms with E-state index in [0.29, 0.717) is 35.1 Å². The summed E-state index contributed by atoms with van der Waals surface area (Å²) in [7, 11) is 0. The lowest BCUT2D eigenvalue weighted by molar-refractivity contribution is -0.149. The molecule has 0 unspecified atom stereocenters. The number of aliphatic hydroxyl groups excluding tert-OH is 1. The zero-order valence-electron chi connectivity index (χ0n) is 18.9. The van der Waals surface area contributed by atoms with Gasteiger partial charge in [-0.15, -0.1) is 0 Å². The minimum Gasteiger partial charge on any atom is -0.492 e. The fourth-order valence-electron chi connectivity index (χ4n) is 5.90. The molecule has 34 heavy (non-hydrogen) atoms. The standard InChI is InChI=1S/C28H28ClNO4/c29-21-9-7-20(8-10-21)28-24(19-5-2-1-3-6-19)18-26(31)27(28,32)23-12-11-22(17-25(23)34-28)33-16-15-30-13-4-14-30/h1-3,5-12,17,24,26,31-32H,4,13-16,18H2/t24-,26-,27-,28-/m0/s1. The number of likely N-dealkylation sites (tertiary alicyclic amines) is 1. The van der Waals surface area contributed by atoms with Crippen LogP contribution in [0.3, 0.4) is 0 Å². The monoisotopic (exact) mass is 477 g/mol. The Morgan fingerprint density at radius 2 is 1.79 bits per heavy atom. The predicted octanol–water partition coefficient (Wildman–Crippen LogP) is 4.45. The summed E-state index contributed by atoms with van der Waals surface area (Å²) in [5.74, 6) is 0.969. The van der Waals surface area contributed by atoms with Gasteiger partial charge in [-0.05, 0) is 61.3 Å². The number of hydrogen-bond donors (Lipinski definition) is 2. The summed E-state index contributed by atoms with van der Waals surface area (Å²) in [6, 6.07) is 22.9. The second-order valence-corrected chi connectivity index (χ2v) is 9.96. The van der Waals surface area contributed by atoms with Crippen molar-refractivity contribution in [3.63, 3.8) is 0 Å². The largest absolute Gasteiger partial charge is 0.492 e. The molecule has 176 valence electrons. The molecule has 3 aromatic carbocycles. The molecule has 6 rings (SSSR count). The molecular weight excluding hydrogens is 450 g/mol. The van der Waals surface area contributed by atoms with E-state index in [9.17, 15) is 10.2 Å². The molecule has 2 N–H and O–H groups in total. The van der Waals surface area contributed by atoms with Gasteiger partial charge >= 0.3 is 0 Å². The van der Waals surface area contributed by atoms with Gasteiger partial charge in [-0.1, -0.05) is 54.1 Å². The van der Waals surface area contributed by atoms with Gasteiger partial charge < -0.3 is 19.7 Å². The number of benzene rings is 3. The number of fused-ring (bicyclic) bond motifs is 3. The Morgan fingerprint density at radius 3 is 2.50 bits per heavy atom. The smallest absolute Gasteiger partial charge is 0.176 e. The molecule has 1 saturated carbocycles. The first kappa shape index (κ1) is 21.9. The Balaban J connectivity index is 1.42. The zero-order valence-corrected chi connectivity index (χ0v) is 19.6. The van der Waals surface area contributed by atoms with Crippen molar-refractivity contribution in [2.45, 2.75) is 36.1 Å². The summed E-state index contributed by atoms with van der Waals surface area (Å²) < 4.78 is 12.7. The van der Waals surface area contributed by atoms with Crippen molar-refractivity contribution in [1.29, 1.82) is 0 Å². The fourth-order valence-corrected chi connectivity index (χ4v) is 6.02. The first-order valence-electron chi connectivity index (χ1n) is 11.9. The van der Waals surface area contributed by atoms with Gasteiger partial charge in [-0.2, -0.15) is 0 Å². The Morgan fingerprint density at radius 1 is 1.03 bits per heavy atom. The maximum atomic E-state index is 12.3. The van der Waals surface area contributed by atoms with Gasteiger partial charge in [-0.3, -0.25) is 4.90 Å². The highest BCUT2D eigenvalue weighted by Crippen LogP contribution is 2.66. The quantitative estimate of drug-likeness (QED) is 0.549. The molecule has 0 amide bonds. The van der Waals surface area contributed by atoms with Crippen molar-refractivity contribution < 1.29 is 19.7 Å². The van der Waals surface area contributed by atoms with Crippen LogP contribution in [0.1, 0.15) is 35.4 Å². The van der Waals surface area contributed by atoms with Gasteiger partial charge in [0.15, 0.2) is 11.2 Å². The zero-order chi connectivity index (χ0) is 23.3. The van der Waals surface area contributed by atoms with Crippen molar-refractivity contribution in [3.8, 4) is 11.5 Å². The van der Waals surface area contributed by atoms with E-state index in [-0.39, 0.29) is 5.92 Å². The lowest BCUT2D eigenvalue weighted by Gasteiger charge is -2.40. The lowest BCUT2D eigenvalue weighted by atomic mass is 9.71. The molecule has 2 heterocycles. The normalized spacial score (nSPS) is 29.7. The minimum absolute atomic E-state index is 0.266. The molecule has 4 atom stereocenters. The predicted molar refractivity (Wildman–Crippen MR) is 130 cm³/mol. The number of hydrogen-bond acceptors (Lipinski definition) is 5. The highest BCUT2D eigenvalue weighted by molar-refractivity contribution is 6.30. The molecule has 0 bridgehead atoms. The number of aliphatic hydroxyl groups is 2. The Kier molecular flexibility index (Phi) is 5.34. The van der Waals surface area contributed by atoms with Crippen LogP contribution in [0.15, 0.2) is 72.8 Å². The molecule has 5 nitrogen and oxygen atoms in total. The third-order valence-corrected chi connectivity index (χ3v) is 7.98. The topological polar surface area (TPSA) is 62.2 Å². The van der Waals surface area contributed by atoms with Crippen LogP contribution in [0.2, 0.25) is 5.02 Å².